The van der Waals surface area contributed by atoms with Crippen LogP contribution in [-0.2, 0) is 14.4 Å². The first-order chi connectivity index (χ1) is 13.5. The summed E-state index contributed by atoms with van der Waals surface area (Å²) in [5.41, 5.74) is 0.690. The van der Waals surface area contributed by atoms with Crippen LogP contribution in [0.2, 0.25) is 0 Å². The summed E-state index contributed by atoms with van der Waals surface area (Å²) in [6.45, 7) is 0. The molecule has 1 saturated carbocycles. The molecule has 0 aromatic heterocycles. The van der Waals surface area contributed by atoms with Gasteiger partial charge in [0.05, 0.1) is 18.6 Å². The largest absolute Gasteiger partial charge is 0.481 e. The second kappa shape index (κ2) is 9.50. The van der Waals surface area contributed by atoms with Crippen LogP contribution in [0.4, 0.5) is 0 Å². The molecule has 9 heteroatoms. The minimum absolute atomic E-state index is 0.0285. The smallest absolute Gasteiger partial charge is 0.314 e. The molecule has 1 aromatic carbocycles. The molecule has 1 heterocycles. The number of amides is 1. The molecular weight excluding hydrogens is 382 g/mol. The molecule has 1 amide bonds. The van der Waals surface area contributed by atoms with Crippen LogP contribution in [0.15, 0.2) is 34.5 Å². The van der Waals surface area contributed by atoms with Gasteiger partial charge in [0, 0.05) is 0 Å². The summed E-state index contributed by atoms with van der Waals surface area (Å²) in [6.07, 6.45) is 6.26. The van der Waals surface area contributed by atoms with E-state index in [4.69, 9.17) is 9.84 Å². The maximum Gasteiger partial charge on any atom is 0.314 e. The third kappa shape index (κ3) is 5.66. The van der Waals surface area contributed by atoms with Crippen molar-refractivity contribution in [2.45, 2.75) is 43.8 Å². The lowest BCUT2D eigenvalue weighted by molar-refractivity contribution is -0.140. The summed E-state index contributed by atoms with van der Waals surface area (Å²) in [7, 11) is 0. The van der Waals surface area contributed by atoms with Crippen molar-refractivity contribution >= 4 is 41.0 Å². The minimum Gasteiger partial charge on any atom is -0.481 e. The fraction of sp³-hybridized carbons (Fsp3) is 0.421. The van der Waals surface area contributed by atoms with Gasteiger partial charge >= 0.3 is 11.9 Å². The predicted molar refractivity (Wildman–Crippen MR) is 105 cm³/mol. The zero-order valence-electron chi connectivity index (χ0n) is 15.2. The first kappa shape index (κ1) is 20.1. The van der Waals surface area contributed by atoms with Crippen LogP contribution in [0.1, 0.15) is 44.1 Å². The van der Waals surface area contributed by atoms with Crippen LogP contribution in [-0.4, -0.2) is 39.6 Å². The Kier molecular flexibility index (Phi) is 6.80. The number of nitrogens with one attached hydrogen (secondary N) is 1. The Morgan fingerprint density at radius 2 is 2.07 bits per heavy atom. The molecule has 1 aromatic rings. The quantitative estimate of drug-likeness (QED) is 0.326. The van der Waals surface area contributed by atoms with Gasteiger partial charge in [0.15, 0.2) is 5.17 Å². The highest BCUT2D eigenvalue weighted by Gasteiger charge is 2.32. The average molecular weight is 403 g/mol. The van der Waals surface area contributed by atoms with E-state index in [0.717, 1.165) is 37.4 Å². The molecule has 0 radical (unpaired) electrons. The van der Waals surface area contributed by atoms with Crippen LogP contribution in [0.5, 0.6) is 5.75 Å². The van der Waals surface area contributed by atoms with E-state index in [1.54, 1.807) is 24.3 Å². The van der Waals surface area contributed by atoms with E-state index in [0.29, 0.717) is 11.3 Å². The van der Waals surface area contributed by atoms with Crippen molar-refractivity contribution in [3.8, 4) is 5.75 Å². The second-order valence-electron chi connectivity index (χ2n) is 6.67. The number of esters is 1. The summed E-state index contributed by atoms with van der Waals surface area (Å²) in [5, 5.41) is 18.7. The molecule has 3 rings (SSSR count). The van der Waals surface area contributed by atoms with Crippen LogP contribution in [0.3, 0.4) is 0 Å². The Labute approximate surface area is 166 Å². The third-order valence-corrected chi connectivity index (χ3v) is 5.58. The molecule has 2 N–H and O–H groups in total. The van der Waals surface area contributed by atoms with Gasteiger partial charge in [0.2, 0.25) is 5.91 Å². The monoisotopic (exact) mass is 403 g/mol. The highest BCUT2D eigenvalue weighted by molar-refractivity contribution is 8.15. The predicted octanol–water partition coefficient (Wildman–Crippen LogP) is 2.57. The number of carbonyl (C=O) groups is 3. The Hall–Kier alpha value is -2.68. The third-order valence-electron chi connectivity index (χ3n) is 4.51. The van der Waals surface area contributed by atoms with Gasteiger partial charge in [-0.25, -0.2) is 0 Å². The Balaban J connectivity index is 1.57. The van der Waals surface area contributed by atoms with Crippen LogP contribution in [0, 0.1) is 5.92 Å². The number of ether oxygens (including phenoxy) is 1. The van der Waals surface area contributed by atoms with Gasteiger partial charge in [-0.15, -0.1) is 5.10 Å². The SMILES string of the molecule is O=C(O)CC1SC(=NN=Cc2cccc(OC(=O)C3CCCCC3)c2)NC1=O. The van der Waals surface area contributed by atoms with Crippen molar-refractivity contribution in [2.24, 2.45) is 16.1 Å². The van der Waals surface area contributed by atoms with Crippen LogP contribution in [0.25, 0.3) is 0 Å². The number of carbonyl (C=O) groups excluding carboxylic acids is 2. The van der Waals surface area contributed by atoms with E-state index in [1.807, 2.05) is 0 Å². The Morgan fingerprint density at radius 3 is 2.82 bits per heavy atom. The Morgan fingerprint density at radius 1 is 1.29 bits per heavy atom. The van der Waals surface area contributed by atoms with Crippen molar-refractivity contribution in [1.29, 1.82) is 0 Å². The fourth-order valence-electron chi connectivity index (χ4n) is 3.09. The number of rotatable bonds is 6. The number of amidine groups is 1. The maximum atomic E-state index is 12.2. The summed E-state index contributed by atoms with van der Waals surface area (Å²) in [6, 6.07) is 6.95. The zero-order valence-corrected chi connectivity index (χ0v) is 16.0. The standard InChI is InChI=1S/C19H21N3O5S/c23-16(24)10-15-17(25)21-19(28-15)22-20-11-12-5-4-8-14(9-12)27-18(26)13-6-2-1-3-7-13/h4-5,8-9,11,13,15H,1-3,6-7,10H2,(H,23,24)(H,21,22,25). The van der Waals surface area contributed by atoms with E-state index in [1.165, 1.54) is 12.6 Å². The summed E-state index contributed by atoms with van der Waals surface area (Å²) < 4.78 is 5.49. The molecule has 1 aliphatic carbocycles. The van der Waals surface area contributed by atoms with Crippen LogP contribution < -0.4 is 10.1 Å². The summed E-state index contributed by atoms with van der Waals surface area (Å²) >= 11 is 1.04. The minimum atomic E-state index is -1.04. The summed E-state index contributed by atoms with van der Waals surface area (Å²) in [4.78, 5) is 34.6. The fourth-order valence-corrected chi connectivity index (χ4v) is 4.00. The lowest BCUT2D eigenvalue weighted by Gasteiger charge is -2.19. The molecule has 1 saturated heterocycles. The number of thioether (sulfide) groups is 1. The molecule has 1 atom stereocenters. The van der Waals surface area contributed by atoms with Crippen molar-refractivity contribution in [1.82, 2.24) is 5.32 Å². The zero-order chi connectivity index (χ0) is 19.9. The normalized spacial score (nSPS) is 21.8. The van der Waals surface area contributed by atoms with E-state index >= 15 is 0 Å². The highest BCUT2D eigenvalue weighted by Crippen LogP contribution is 2.26. The Bertz CT molecular complexity index is 818. The van der Waals surface area contributed by atoms with Gasteiger partial charge in [-0.2, -0.15) is 5.10 Å². The van der Waals surface area contributed by atoms with Gasteiger partial charge in [-0.3, -0.25) is 14.4 Å². The molecule has 0 spiro atoms. The first-order valence-corrected chi connectivity index (χ1v) is 10.0. The molecule has 0 bridgehead atoms. The van der Waals surface area contributed by atoms with Crippen molar-refractivity contribution in [3.63, 3.8) is 0 Å². The van der Waals surface area contributed by atoms with Gasteiger partial charge in [0.25, 0.3) is 0 Å². The second-order valence-corrected chi connectivity index (χ2v) is 7.86. The molecular formula is C19H21N3O5S. The van der Waals surface area contributed by atoms with E-state index in [9.17, 15) is 14.4 Å². The molecule has 2 aliphatic rings. The number of hydrogen-bond acceptors (Lipinski definition) is 7. The number of carboxylic acids is 1. The van der Waals surface area contributed by atoms with Crippen LogP contribution >= 0.6 is 11.8 Å². The molecule has 1 unspecified atom stereocenters. The van der Waals surface area contributed by atoms with Crippen molar-refractivity contribution < 1.29 is 24.2 Å². The van der Waals surface area contributed by atoms with Gasteiger partial charge < -0.3 is 15.2 Å². The number of hydrogen-bond donors (Lipinski definition) is 2. The topological polar surface area (TPSA) is 117 Å². The van der Waals surface area contributed by atoms with E-state index in [2.05, 4.69) is 15.5 Å². The van der Waals surface area contributed by atoms with E-state index in [-0.39, 0.29) is 23.5 Å². The van der Waals surface area contributed by atoms with Crippen molar-refractivity contribution in [2.75, 3.05) is 0 Å². The number of benzene rings is 1. The highest BCUT2D eigenvalue weighted by atomic mass is 32.2. The molecule has 28 heavy (non-hydrogen) atoms. The van der Waals surface area contributed by atoms with Gasteiger partial charge in [0.1, 0.15) is 11.0 Å². The summed E-state index contributed by atoms with van der Waals surface area (Å²) in [5.74, 6) is -1.20. The van der Waals surface area contributed by atoms with Gasteiger partial charge in [-0.1, -0.05) is 43.2 Å². The van der Waals surface area contributed by atoms with Crippen molar-refractivity contribution in [3.05, 3.63) is 29.8 Å². The lowest BCUT2D eigenvalue weighted by Crippen LogP contribution is -2.26. The first-order valence-electron chi connectivity index (χ1n) is 9.13. The number of aliphatic carboxylic acids is 1. The van der Waals surface area contributed by atoms with E-state index < -0.39 is 17.1 Å². The number of nitrogens with zero attached hydrogens (tertiary/aromatic N) is 2. The van der Waals surface area contributed by atoms with Gasteiger partial charge in [-0.05, 0) is 30.5 Å². The maximum absolute atomic E-state index is 12.2. The molecule has 8 nitrogen and oxygen atoms in total. The molecule has 2 fully saturated rings. The number of carboxylic acid groups (broad SMARTS) is 1. The lowest BCUT2D eigenvalue weighted by atomic mass is 9.89. The average Bonchev–Trinajstić information content (AvgIpc) is 3.01. The molecule has 148 valence electrons. The molecule has 1 aliphatic heterocycles.